The second-order valence-electron chi connectivity index (χ2n) is 15.4. The summed E-state index contributed by atoms with van der Waals surface area (Å²) in [4.78, 5) is 45.2. The van der Waals surface area contributed by atoms with Crippen LogP contribution in [0.2, 0.25) is 0 Å². The Labute approximate surface area is 345 Å². The van der Waals surface area contributed by atoms with Crippen LogP contribution in [0.15, 0.2) is 93.8 Å². The van der Waals surface area contributed by atoms with Gasteiger partial charge < -0.3 is 43.8 Å². The van der Waals surface area contributed by atoms with Crippen LogP contribution in [-0.4, -0.2) is 108 Å². The molecule has 2 aliphatic rings. The quantitative estimate of drug-likeness (QED) is 0.167. The number of methoxy groups -OCH3 is 1. The number of hydrogen-bond donors (Lipinski definition) is 2. The summed E-state index contributed by atoms with van der Waals surface area (Å²) < 4.78 is 17.3. The van der Waals surface area contributed by atoms with Gasteiger partial charge in [0.1, 0.15) is 0 Å². The summed E-state index contributed by atoms with van der Waals surface area (Å²) in [7, 11) is 6.55. The van der Waals surface area contributed by atoms with Gasteiger partial charge in [-0.05, 0) is 60.4 Å². The maximum atomic E-state index is 12.9. The molecular formula is C47H54N6O6. The van der Waals surface area contributed by atoms with Crippen LogP contribution >= 0.6 is 0 Å². The van der Waals surface area contributed by atoms with Gasteiger partial charge in [-0.15, -0.1) is 0 Å². The second-order valence-corrected chi connectivity index (χ2v) is 15.4. The van der Waals surface area contributed by atoms with Crippen molar-refractivity contribution in [2.45, 2.75) is 26.7 Å². The minimum atomic E-state index is -0.306. The van der Waals surface area contributed by atoms with Gasteiger partial charge in [-0.3, -0.25) is 9.59 Å². The fourth-order valence-corrected chi connectivity index (χ4v) is 8.00. The first-order chi connectivity index (χ1) is 28.6. The van der Waals surface area contributed by atoms with Crippen molar-refractivity contribution in [1.29, 1.82) is 0 Å². The molecule has 0 atom stereocenters. The first-order valence-electron chi connectivity index (χ1n) is 20.2. The molecule has 0 spiro atoms. The summed E-state index contributed by atoms with van der Waals surface area (Å²) in [6.45, 7) is 10.4. The number of aryl methyl sites for hydroxylation is 2. The van der Waals surface area contributed by atoms with Crippen molar-refractivity contribution in [3.05, 3.63) is 130 Å². The molecule has 2 aliphatic heterocycles. The van der Waals surface area contributed by atoms with Crippen molar-refractivity contribution in [3.63, 3.8) is 0 Å². The summed E-state index contributed by atoms with van der Waals surface area (Å²) in [6, 6.07) is 28.8. The number of hydrogen-bond acceptors (Lipinski definition) is 9. The maximum Gasteiger partial charge on any atom is 0.409 e. The normalized spacial score (nSPS) is 14.2. The standard InChI is InChI=1S/C24H27N3O4.C23H27N3O2/c1-16-13-18-19(15-17-7-5-4-6-8-17)22(23(28)25-2)31-21(18)20(14-16)26-9-11-27(12-10-26)24(29)30-3;1-16-13-18-19(15-17-7-5-4-6-8-17)22(23(27)25(2)3)28-21(18)20(14-16)26-11-9-24-10-12-26/h4-8,13-14H,9-12,15H2,1-3H3,(H,25,28);4-8,13-14,24H,9-12,15H2,1-3H3. The van der Waals surface area contributed by atoms with Crippen LogP contribution in [0.4, 0.5) is 16.2 Å². The lowest BCUT2D eigenvalue weighted by Gasteiger charge is -2.35. The number of benzene rings is 4. The van der Waals surface area contributed by atoms with Crippen LogP contribution in [-0.2, 0) is 17.6 Å². The van der Waals surface area contributed by atoms with Gasteiger partial charge in [-0.1, -0.05) is 60.7 Å². The highest BCUT2D eigenvalue weighted by molar-refractivity contribution is 6.03. The average molecular weight is 799 g/mol. The Morgan fingerprint density at radius 1 is 0.695 bits per heavy atom. The van der Waals surface area contributed by atoms with Gasteiger partial charge in [0.05, 0.1) is 18.5 Å². The third kappa shape index (κ3) is 8.92. The minimum Gasteiger partial charge on any atom is -0.453 e. The van der Waals surface area contributed by atoms with Crippen molar-refractivity contribution in [2.75, 3.05) is 90.4 Å². The zero-order chi connectivity index (χ0) is 41.6. The number of furan rings is 2. The van der Waals surface area contributed by atoms with Gasteiger partial charge in [0, 0.05) is 108 Å². The molecule has 0 aliphatic carbocycles. The van der Waals surface area contributed by atoms with Crippen LogP contribution < -0.4 is 20.4 Å². The van der Waals surface area contributed by atoms with E-state index in [2.05, 4.69) is 75.9 Å². The highest BCUT2D eigenvalue weighted by atomic mass is 16.5. The van der Waals surface area contributed by atoms with E-state index in [9.17, 15) is 14.4 Å². The summed E-state index contributed by atoms with van der Waals surface area (Å²) >= 11 is 0. The zero-order valence-electron chi connectivity index (χ0n) is 34.9. The molecule has 8 rings (SSSR count). The second kappa shape index (κ2) is 18.1. The Morgan fingerprint density at radius 3 is 1.64 bits per heavy atom. The average Bonchev–Trinajstić information content (AvgIpc) is 3.81. The van der Waals surface area contributed by atoms with Crippen molar-refractivity contribution in [2.24, 2.45) is 0 Å². The Hall–Kier alpha value is -6.27. The number of rotatable bonds is 8. The summed E-state index contributed by atoms with van der Waals surface area (Å²) in [5.41, 5.74) is 9.99. The van der Waals surface area contributed by atoms with E-state index in [1.807, 2.05) is 43.3 Å². The maximum absolute atomic E-state index is 12.9. The third-order valence-corrected chi connectivity index (χ3v) is 11.0. The molecule has 0 saturated carbocycles. The first-order valence-corrected chi connectivity index (χ1v) is 20.2. The van der Waals surface area contributed by atoms with E-state index in [-0.39, 0.29) is 17.9 Å². The lowest BCUT2D eigenvalue weighted by Crippen LogP contribution is -2.48. The Morgan fingerprint density at radius 2 is 1.17 bits per heavy atom. The summed E-state index contributed by atoms with van der Waals surface area (Å²) in [6.07, 6.45) is 0.974. The Balaban J connectivity index is 0.000000180. The van der Waals surface area contributed by atoms with Crippen molar-refractivity contribution in [3.8, 4) is 0 Å². The molecule has 308 valence electrons. The Bertz CT molecular complexity index is 2430. The van der Waals surface area contributed by atoms with Gasteiger partial charge in [0.25, 0.3) is 11.8 Å². The molecule has 12 nitrogen and oxygen atoms in total. The smallest absolute Gasteiger partial charge is 0.409 e. The van der Waals surface area contributed by atoms with Gasteiger partial charge in [-0.2, -0.15) is 0 Å². The van der Waals surface area contributed by atoms with Gasteiger partial charge in [0.2, 0.25) is 0 Å². The molecular weight excluding hydrogens is 745 g/mol. The number of amides is 3. The number of ether oxygens (including phenoxy) is 1. The molecule has 6 aromatic rings. The number of fused-ring (bicyclic) bond motifs is 2. The molecule has 12 heteroatoms. The number of carbonyl (C=O) groups excluding carboxylic acids is 3. The number of carbonyl (C=O) groups is 3. The van der Waals surface area contributed by atoms with Gasteiger partial charge in [0.15, 0.2) is 22.7 Å². The highest BCUT2D eigenvalue weighted by Gasteiger charge is 2.28. The number of anilines is 2. The fraction of sp³-hybridized carbons (Fsp3) is 0.340. The highest BCUT2D eigenvalue weighted by Crippen LogP contribution is 2.38. The van der Waals surface area contributed by atoms with Crippen LogP contribution in [0, 0.1) is 13.8 Å². The van der Waals surface area contributed by atoms with Crippen molar-refractivity contribution >= 4 is 51.2 Å². The van der Waals surface area contributed by atoms with E-state index in [0.29, 0.717) is 56.1 Å². The molecule has 0 bridgehead atoms. The SMILES string of the molecule is CNC(=O)c1oc2c(N3CCN(C(=O)OC)CC3)cc(C)cc2c1Cc1ccccc1.Cc1cc(N2CCNCC2)c2oc(C(=O)N(C)C)c(Cc3ccccc3)c2c1. The van der Waals surface area contributed by atoms with E-state index in [4.69, 9.17) is 13.6 Å². The molecule has 4 aromatic carbocycles. The first kappa shape index (κ1) is 40.9. The number of piperazine rings is 2. The number of nitrogens with zero attached hydrogens (tertiary/aromatic N) is 4. The summed E-state index contributed by atoms with van der Waals surface area (Å²) in [5.74, 6) is 0.472. The van der Waals surface area contributed by atoms with Crippen LogP contribution in [0.3, 0.4) is 0 Å². The predicted molar refractivity (Wildman–Crippen MR) is 233 cm³/mol. The van der Waals surface area contributed by atoms with E-state index >= 15 is 0 Å². The van der Waals surface area contributed by atoms with Crippen molar-refractivity contribution < 1.29 is 28.0 Å². The van der Waals surface area contributed by atoms with E-state index < -0.39 is 0 Å². The topological polar surface area (TPSA) is 124 Å². The fourth-order valence-electron chi connectivity index (χ4n) is 8.00. The summed E-state index contributed by atoms with van der Waals surface area (Å²) in [5, 5.41) is 8.09. The van der Waals surface area contributed by atoms with Gasteiger partial charge >= 0.3 is 6.09 Å². The number of nitrogens with one attached hydrogen (secondary N) is 2. The molecule has 4 heterocycles. The monoisotopic (exact) mass is 798 g/mol. The Kier molecular flexibility index (Phi) is 12.6. The molecule has 3 amide bonds. The predicted octanol–water partition coefficient (Wildman–Crippen LogP) is 7.02. The van der Waals surface area contributed by atoms with Gasteiger partial charge in [-0.25, -0.2) is 4.79 Å². The van der Waals surface area contributed by atoms with E-state index in [0.717, 1.165) is 76.2 Å². The molecule has 0 unspecified atom stereocenters. The minimum absolute atomic E-state index is 0.0916. The van der Waals surface area contributed by atoms with E-state index in [1.54, 1.807) is 30.9 Å². The van der Waals surface area contributed by atoms with Crippen LogP contribution in [0.1, 0.15) is 54.5 Å². The van der Waals surface area contributed by atoms with Crippen molar-refractivity contribution in [1.82, 2.24) is 20.4 Å². The molecule has 2 aromatic heterocycles. The zero-order valence-corrected chi connectivity index (χ0v) is 34.9. The molecule has 0 radical (unpaired) electrons. The largest absolute Gasteiger partial charge is 0.453 e. The lowest BCUT2D eigenvalue weighted by molar-refractivity contribution is 0.0797. The third-order valence-electron chi connectivity index (χ3n) is 11.0. The molecule has 59 heavy (non-hydrogen) atoms. The van der Waals surface area contributed by atoms with Crippen LogP contribution in [0.25, 0.3) is 21.9 Å². The van der Waals surface area contributed by atoms with E-state index in [1.165, 1.54) is 18.2 Å². The van der Waals surface area contributed by atoms with Crippen LogP contribution in [0.5, 0.6) is 0 Å². The lowest BCUT2D eigenvalue weighted by atomic mass is 9.99. The molecule has 2 saturated heterocycles. The molecule has 2 N–H and O–H groups in total. The molecule has 2 fully saturated rings.